The molecule has 2 amide bonds. The van der Waals surface area contributed by atoms with Gasteiger partial charge in [-0.05, 0) is 37.0 Å². The normalized spacial score (nSPS) is 19.6. The van der Waals surface area contributed by atoms with Crippen LogP contribution < -0.4 is 5.32 Å². The molecule has 0 bridgehead atoms. The van der Waals surface area contributed by atoms with Crippen molar-refractivity contribution in [2.75, 3.05) is 13.1 Å². The molecule has 31 heavy (non-hydrogen) atoms. The van der Waals surface area contributed by atoms with Gasteiger partial charge < -0.3 is 14.8 Å². The minimum atomic E-state index is -0.216. The molecule has 0 saturated carbocycles. The van der Waals surface area contributed by atoms with Gasteiger partial charge >= 0.3 is 0 Å². The first-order valence-corrected chi connectivity index (χ1v) is 10.7. The standard InChI is InChI=1S/C24H25N5O2/c1-16-7-9-18(10-8-16)24(31)28-14-19-11-12-29-21(20(19)15-28)26-27-22(29)23(30)25-13-17-5-3-2-4-6-17/h2-10,19-20H,11-15H2,1H3,(H,25,30). The zero-order valence-electron chi connectivity index (χ0n) is 17.5. The van der Waals surface area contributed by atoms with Crippen molar-refractivity contribution in [3.63, 3.8) is 0 Å². The van der Waals surface area contributed by atoms with Gasteiger partial charge in [0.1, 0.15) is 5.82 Å². The van der Waals surface area contributed by atoms with Gasteiger partial charge in [0.2, 0.25) is 5.82 Å². The molecule has 0 aliphatic carbocycles. The smallest absolute Gasteiger partial charge is 0.289 e. The Kier molecular flexibility index (Phi) is 5.02. The number of nitrogens with one attached hydrogen (secondary N) is 1. The van der Waals surface area contributed by atoms with E-state index in [2.05, 4.69) is 15.5 Å². The lowest BCUT2D eigenvalue weighted by Gasteiger charge is -2.24. The second-order valence-corrected chi connectivity index (χ2v) is 8.43. The fourth-order valence-corrected chi connectivity index (χ4v) is 4.63. The quantitative estimate of drug-likeness (QED) is 0.711. The molecule has 1 saturated heterocycles. The van der Waals surface area contributed by atoms with Crippen LogP contribution in [-0.2, 0) is 13.1 Å². The van der Waals surface area contributed by atoms with Crippen LogP contribution in [0.2, 0.25) is 0 Å². The maximum Gasteiger partial charge on any atom is 0.289 e. The molecule has 158 valence electrons. The predicted molar refractivity (Wildman–Crippen MR) is 116 cm³/mol. The minimum Gasteiger partial charge on any atom is -0.345 e. The van der Waals surface area contributed by atoms with Crippen LogP contribution in [0.5, 0.6) is 0 Å². The van der Waals surface area contributed by atoms with Crippen molar-refractivity contribution in [2.24, 2.45) is 5.92 Å². The molecule has 0 radical (unpaired) electrons. The predicted octanol–water partition coefficient (Wildman–Crippen LogP) is 2.78. The molecule has 2 unspecified atom stereocenters. The van der Waals surface area contributed by atoms with Crippen molar-refractivity contribution in [2.45, 2.75) is 32.4 Å². The van der Waals surface area contributed by atoms with Crippen LogP contribution in [0, 0.1) is 12.8 Å². The van der Waals surface area contributed by atoms with Gasteiger partial charge in [-0.2, -0.15) is 0 Å². The molecular formula is C24H25N5O2. The molecule has 2 aliphatic heterocycles. The second kappa shape index (κ2) is 7.98. The number of likely N-dealkylation sites (tertiary alicyclic amines) is 1. The molecule has 1 fully saturated rings. The Balaban J connectivity index is 1.30. The van der Waals surface area contributed by atoms with Gasteiger partial charge in [0.25, 0.3) is 11.8 Å². The van der Waals surface area contributed by atoms with Crippen LogP contribution in [0.4, 0.5) is 0 Å². The minimum absolute atomic E-state index is 0.0568. The van der Waals surface area contributed by atoms with Gasteiger partial charge in [0, 0.05) is 37.7 Å². The number of aromatic nitrogens is 3. The van der Waals surface area contributed by atoms with Crippen molar-refractivity contribution in [3.05, 3.63) is 82.9 Å². The third-order valence-corrected chi connectivity index (χ3v) is 6.36. The Bertz CT molecular complexity index is 1110. The summed E-state index contributed by atoms with van der Waals surface area (Å²) >= 11 is 0. The highest BCUT2D eigenvalue weighted by Gasteiger charge is 2.42. The van der Waals surface area contributed by atoms with Gasteiger partial charge in [0.05, 0.1) is 0 Å². The van der Waals surface area contributed by atoms with Crippen molar-refractivity contribution < 1.29 is 9.59 Å². The summed E-state index contributed by atoms with van der Waals surface area (Å²) in [5.74, 6) is 1.48. The van der Waals surface area contributed by atoms with E-state index >= 15 is 0 Å². The molecular weight excluding hydrogens is 390 g/mol. The summed E-state index contributed by atoms with van der Waals surface area (Å²) in [7, 11) is 0. The Morgan fingerprint density at radius 1 is 1.03 bits per heavy atom. The number of carbonyl (C=O) groups excluding carboxylic acids is 2. The molecule has 1 N–H and O–H groups in total. The number of hydrogen-bond donors (Lipinski definition) is 1. The van der Waals surface area contributed by atoms with Crippen LogP contribution in [0.3, 0.4) is 0 Å². The molecule has 3 aromatic rings. The number of carbonyl (C=O) groups is 2. The largest absolute Gasteiger partial charge is 0.345 e. The summed E-state index contributed by atoms with van der Waals surface area (Å²) in [4.78, 5) is 27.6. The third kappa shape index (κ3) is 3.71. The van der Waals surface area contributed by atoms with Crippen LogP contribution in [0.25, 0.3) is 0 Å². The molecule has 2 atom stereocenters. The van der Waals surface area contributed by atoms with Crippen LogP contribution in [0.15, 0.2) is 54.6 Å². The molecule has 2 aliphatic rings. The van der Waals surface area contributed by atoms with Gasteiger partial charge in [-0.1, -0.05) is 48.0 Å². The fourth-order valence-electron chi connectivity index (χ4n) is 4.63. The van der Waals surface area contributed by atoms with E-state index in [9.17, 15) is 9.59 Å². The first-order valence-electron chi connectivity index (χ1n) is 10.7. The van der Waals surface area contributed by atoms with E-state index in [-0.39, 0.29) is 17.7 Å². The van der Waals surface area contributed by atoms with Gasteiger partial charge in [-0.15, -0.1) is 10.2 Å². The maximum absolute atomic E-state index is 13.0. The Hall–Kier alpha value is -3.48. The zero-order valence-corrected chi connectivity index (χ0v) is 17.5. The van der Waals surface area contributed by atoms with E-state index in [1.807, 2.05) is 71.0 Å². The van der Waals surface area contributed by atoms with Crippen molar-refractivity contribution in [3.8, 4) is 0 Å². The molecule has 3 heterocycles. The number of aryl methyl sites for hydroxylation is 1. The monoisotopic (exact) mass is 415 g/mol. The van der Waals surface area contributed by atoms with Crippen LogP contribution in [-0.4, -0.2) is 44.6 Å². The SMILES string of the molecule is Cc1ccc(C(=O)N2CC3CCn4c(C(=O)NCc5ccccc5)nnc4C3C2)cc1. The van der Waals surface area contributed by atoms with E-state index < -0.39 is 0 Å². The van der Waals surface area contributed by atoms with E-state index in [1.54, 1.807) is 0 Å². The Morgan fingerprint density at radius 3 is 2.58 bits per heavy atom. The summed E-state index contributed by atoms with van der Waals surface area (Å²) in [6, 6.07) is 17.5. The van der Waals surface area contributed by atoms with E-state index in [1.165, 1.54) is 0 Å². The molecule has 7 heteroatoms. The molecule has 1 aromatic heterocycles. The average Bonchev–Trinajstić information content (AvgIpc) is 3.42. The zero-order chi connectivity index (χ0) is 21.4. The highest BCUT2D eigenvalue weighted by atomic mass is 16.2. The second-order valence-electron chi connectivity index (χ2n) is 8.43. The van der Waals surface area contributed by atoms with Crippen LogP contribution >= 0.6 is 0 Å². The maximum atomic E-state index is 13.0. The van der Waals surface area contributed by atoms with Crippen molar-refractivity contribution in [1.82, 2.24) is 25.0 Å². The number of hydrogen-bond acceptors (Lipinski definition) is 4. The first kappa shape index (κ1) is 19.5. The van der Waals surface area contributed by atoms with Gasteiger partial charge in [-0.25, -0.2) is 0 Å². The van der Waals surface area contributed by atoms with Crippen LogP contribution in [0.1, 0.15) is 50.3 Å². The summed E-state index contributed by atoms with van der Waals surface area (Å²) in [5.41, 5.74) is 2.89. The number of rotatable bonds is 4. The third-order valence-electron chi connectivity index (χ3n) is 6.36. The Morgan fingerprint density at radius 2 is 1.81 bits per heavy atom. The number of nitrogens with zero attached hydrogens (tertiary/aromatic N) is 4. The number of benzene rings is 2. The fraction of sp³-hybridized carbons (Fsp3) is 0.333. The highest BCUT2D eigenvalue weighted by Crippen LogP contribution is 2.38. The summed E-state index contributed by atoms with van der Waals surface area (Å²) in [6.07, 6.45) is 0.909. The molecule has 7 nitrogen and oxygen atoms in total. The lowest BCUT2D eigenvalue weighted by molar-refractivity contribution is 0.0785. The van der Waals surface area contributed by atoms with Crippen molar-refractivity contribution >= 4 is 11.8 Å². The summed E-state index contributed by atoms with van der Waals surface area (Å²) in [5, 5.41) is 11.5. The van der Waals surface area contributed by atoms with E-state index in [0.29, 0.717) is 36.9 Å². The van der Waals surface area contributed by atoms with Gasteiger partial charge in [-0.3, -0.25) is 9.59 Å². The van der Waals surface area contributed by atoms with E-state index in [0.717, 1.165) is 29.9 Å². The highest BCUT2D eigenvalue weighted by molar-refractivity contribution is 5.94. The molecule has 5 rings (SSSR count). The number of fused-ring (bicyclic) bond motifs is 3. The lowest BCUT2D eigenvalue weighted by Crippen LogP contribution is -2.30. The summed E-state index contributed by atoms with van der Waals surface area (Å²) in [6.45, 7) is 4.50. The van der Waals surface area contributed by atoms with Crippen molar-refractivity contribution in [1.29, 1.82) is 0 Å². The molecule has 2 aromatic carbocycles. The number of amides is 2. The molecule has 0 spiro atoms. The van der Waals surface area contributed by atoms with Gasteiger partial charge in [0.15, 0.2) is 0 Å². The first-order chi connectivity index (χ1) is 15.1. The average molecular weight is 415 g/mol. The summed E-state index contributed by atoms with van der Waals surface area (Å²) < 4.78 is 1.93. The Labute approximate surface area is 181 Å². The lowest BCUT2D eigenvalue weighted by atomic mass is 9.89. The van der Waals surface area contributed by atoms with E-state index in [4.69, 9.17) is 0 Å². The topological polar surface area (TPSA) is 80.1 Å².